The highest BCUT2D eigenvalue weighted by molar-refractivity contribution is 7.92. The molecule has 0 spiro atoms. The minimum atomic E-state index is -3.97. The zero-order valence-electron chi connectivity index (χ0n) is 17.2. The second-order valence-electron chi connectivity index (χ2n) is 7.74. The van der Waals surface area contributed by atoms with Gasteiger partial charge in [0.2, 0.25) is 0 Å². The Balaban J connectivity index is 2.42. The number of anilines is 1. The van der Waals surface area contributed by atoms with Gasteiger partial charge in [-0.1, -0.05) is 50.6 Å². The Morgan fingerprint density at radius 1 is 1.14 bits per heavy atom. The molecule has 0 atom stereocenters. The first-order valence-electron chi connectivity index (χ1n) is 9.10. The third-order valence-electron chi connectivity index (χ3n) is 4.48. The molecule has 2 rings (SSSR count). The molecule has 0 heterocycles. The highest BCUT2D eigenvalue weighted by Gasteiger charge is 2.28. The van der Waals surface area contributed by atoms with Crippen molar-refractivity contribution in [3.05, 3.63) is 59.1 Å². The van der Waals surface area contributed by atoms with Crippen LogP contribution in [0.2, 0.25) is 5.02 Å². The van der Waals surface area contributed by atoms with Crippen molar-refractivity contribution in [3.63, 3.8) is 0 Å². The number of hydrogen-bond acceptors (Lipinski definition) is 4. The topological polar surface area (TPSA) is 78.8 Å². The van der Waals surface area contributed by atoms with Crippen molar-refractivity contribution in [2.45, 2.75) is 39.5 Å². The minimum Gasteiger partial charge on any atom is -0.271 e. The van der Waals surface area contributed by atoms with Gasteiger partial charge in [-0.05, 0) is 49.7 Å². The second kappa shape index (κ2) is 8.97. The van der Waals surface area contributed by atoms with Crippen LogP contribution >= 0.6 is 11.6 Å². The number of halogens is 1. The summed E-state index contributed by atoms with van der Waals surface area (Å²) in [5, 5.41) is 4.59. The van der Waals surface area contributed by atoms with Gasteiger partial charge in [0.1, 0.15) is 6.54 Å². The van der Waals surface area contributed by atoms with Crippen LogP contribution in [0.25, 0.3) is 0 Å². The number of hydrazone groups is 1. The molecule has 0 radical (unpaired) electrons. The number of aryl methyl sites for hydroxylation is 1. The van der Waals surface area contributed by atoms with E-state index in [4.69, 9.17) is 11.6 Å². The molecule has 0 unspecified atom stereocenters. The molecular formula is C21H26ClN3O3S. The average molecular weight is 436 g/mol. The van der Waals surface area contributed by atoms with Gasteiger partial charge in [0.25, 0.3) is 15.9 Å². The lowest BCUT2D eigenvalue weighted by molar-refractivity contribution is -0.119. The predicted octanol–water partition coefficient (Wildman–Crippen LogP) is 4.38. The molecule has 0 aliphatic heterocycles. The fourth-order valence-corrected chi connectivity index (χ4v) is 4.13. The third-order valence-corrected chi connectivity index (χ3v) is 6.49. The van der Waals surface area contributed by atoms with Crippen LogP contribution < -0.4 is 9.73 Å². The summed E-state index contributed by atoms with van der Waals surface area (Å²) in [6.07, 6.45) is 0. The van der Waals surface area contributed by atoms with Crippen LogP contribution in [-0.2, 0) is 14.8 Å². The molecule has 0 fully saturated rings. The number of amides is 1. The number of rotatable bonds is 6. The van der Waals surface area contributed by atoms with E-state index in [9.17, 15) is 13.2 Å². The normalized spacial score (nSPS) is 12.6. The quantitative estimate of drug-likeness (QED) is 0.540. The van der Waals surface area contributed by atoms with Crippen molar-refractivity contribution in [2.75, 3.05) is 10.8 Å². The van der Waals surface area contributed by atoms with Crippen LogP contribution in [0.5, 0.6) is 0 Å². The van der Waals surface area contributed by atoms with Crippen LogP contribution in [0.4, 0.5) is 5.69 Å². The molecule has 0 saturated heterocycles. The lowest BCUT2D eigenvalue weighted by atomic mass is 9.91. The Labute approximate surface area is 177 Å². The molecule has 8 heteroatoms. The lowest BCUT2D eigenvalue weighted by Gasteiger charge is -2.25. The average Bonchev–Trinajstić information content (AvgIpc) is 2.64. The molecule has 1 N–H and O–H groups in total. The molecule has 0 bridgehead atoms. The Hall–Kier alpha value is -2.38. The van der Waals surface area contributed by atoms with E-state index in [-0.39, 0.29) is 10.3 Å². The van der Waals surface area contributed by atoms with Gasteiger partial charge < -0.3 is 0 Å². The number of hydrogen-bond donors (Lipinski definition) is 1. The Kier molecular flexibility index (Phi) is 7.08. The maximum atomic E-state index is 13.3. The van der Waals surface area contributed by atoms with Gasteiger partial charge in [0.05, 0.1) is 10.6 Å². The van der Waals surface area contributed by atoms with Crippen LogP contribution in [-0.4, -0.2) is 26.6 Å². The molecule has 0 aliphatic rings. The van der Waals surface area contributed by atoms with Crippen molar-refractivity contribution in [1.82, 2.24) is 5.43 Å². The van der Waals surface area contributed by atoms with Crippen LogP contribution in [0.1, 0.15) is 33.3 Å². The van der Waals surface area contributed by atoms with Gasteiger partial charge in [-0.15, -0.1) is 0 Å². The number of nitrogens with one attached hydrogen (secondary N) is 1. The zero-order chi connectivity index (χ0) is 21.8. The largest absolute Gasteiger partial charge is 0.271 e. The van der Waals surface area contributed by atoms with Crippen molar-refractivity contribution < 1.29 is 13.2 Å². The number of nitrogens with zero attached hydrogens (tertiary/aromatic N) is 2. The first-order valence-corrected chi connectivity index (χ1v) is 10.9. The smallest absolute Gasteiger partial charge is 0.264 e. The van der Waals surface area contributed by atoms with Gasteiger partial charge >= 0.3 is 0 Å². The fraction of sp³-hybridized carbons (Fsp3) is 0.333. The number of sulfonamides is 1. The van der Waals surface area contributed by atoms with Gasteiger partial charge in [-0.2, -0.15) is 5.10 Å². The summed E-state index contributed by atoms with van der Waals surface area (Å²) in [6.45, 7) is 9.06. The van der Waals surface area contributed by atoms with E-state index < -0.39 is 22.5 Å². The van der Waals surface area contributed by atoms with Crippen LogP contribution in [0, 0.1) is 12.3 Å². The lowest BCUT2D eigenvalue weighted by Crippen LogP contribution is -2.40. The maximum Gasteiger partial charge on any atom is 0.264 e. The van der Waals surface area contributed by atoms with Crippen LogP contribution in [0.3, 0.4) is 0 Å². The summed E-state index contributed by atoms with van der Waals surface area (Å²) < 4.78 is 27.6. The number of carbonyl (C=O) groups excluding carboxylic acids is 1. The standard InChI is InChI=1S/C21H26ClN3O3S/c1-15-13-17(22)11-12-19(15)25(29(27,28)18-9-7-6-8-10-18)14-20(26)24-23-16(2)21(3,4)5/h6-13H,14H2,1-5H3,(H,24,26)/b23-16-. The first-order chi connectivity index (χ1) is 13.4. The molecule has 156 valence electrons. The summed E-state index contributed by atoms with van der Waals surface area (Å²) in [6, 6.07) is 12.8. The summed E-state index contributed by atoms with van der Waals surface area (Å²) in [4.78, 5) is 12.7. The van der Waals surface area contributed by atoms with E-state index in [2.05, 4.69) is 10.5 Å². The van der Waals surface area contributed by atoms with Crippen molar-refractivity contribution >= 4 is 38.9 Å². The molecule has 0 aliphatic carbocycles. The molecule has 2 aromatic rings. The van der Waals surface area contributed by atoms with Crippen molar-refractivity contribution in [3.8, 4) is 0 Å². The Morgan fingerprint density at radius 3 is 2.31 bits per heavy atom. The highest BCUT2D eigenvalue weighted by Crippen LogP contribution is 2.28. The SMILES string of the molecule is C/C(=N/NC(=O)CN(c1ccc(Cl)cc1C)S(=O)(=O)c1ccccc1)C(C)(C)C. The maximum absolute atomic E-state index is 13.3. The summed E-state index contributed by atoms with van der Waals surface area (Å²) in [5.41, 5.74) is 3.99. The Bertz CT molecular complexity index is 1010. The minimum absolute atomic E-state index is 0.0940. The molecule has 1 amide bonds. The third kappa shape index (κ3) is 5.81. The van der Waals surface area contributed by atoms with Gasteiger partial charge in [-0.25, -0.2) is 13.8 Å². The van der Waals surface area contributed by atoms with Gasteiger partial charge in [-0.3, -0.25) is 9.10 Å². The molecule has 2 aromatic carbocycles. The summed E-state index contributed by atoms with van der Waals surface area (Å²) >= 11 is 6.02. The first kappa shape index (κ1) is 22.9. The molecule has 29 heavy (non-hydrogen) atoms. The molecular weight excluding hydrogens is 410 g/mol. The second-order valence-corrected chi connectivity index (χ2v) is 10.0. The fourth-order valence-electron chi connectivity index (χ4n) is 2.40. The zero-order valence-corrected chi connectivity index (χ0v) is 18.8. The van der Waals surface area contributed by atoms with E-state index in [1.165, 1.54) is 12.1 Å². The van der Waals surface area contributed by atoms with Crippen LogP contribution in [0.15, 0.2) is 58.5 Å². The van der Waals surface area contributed by atoms with E-state index in [0.29, 0.717) is 16.3 Å². The highest BCUT2D eigenvalue weighted by atomic mass is 35.5. The molecule has 0 aromatic heterocycles. The summed E-state index contributed by atoms with van der Waals surface area (Å²) in [5.74, 6) is -0.539. The van der Waals surface area contributed by atoms with Gasteiger partial charge in [0.15, 0.2) is 0 Å². The summed E-state index contributed by atoms with van der Waals surface area (Å²) in [7, 11) is -3.97. The van der Waals surface area contributed by atoms with E-state index in [1.807, 2.05) is 27.7 Å². The van der Waals surface area contributed by atoms with Crippen molar-refractivity contribution in [2.24, 2.45) is 10.5 Å². The van der Waals surface area contributed by atoms with E-state index in [0.717, 1.165) is 10.0 Å². The predicted molar refractivity (Wildman–Crippen MR) is 118 cm³/mol. The number of benzene rings is 2. The van der Waals surface area contributed by atoms with E-state index >= 15 is 0 Å². The Morgan fingerprint density at radius 2 is 1.76 bits per heavy atom. The molecule has 6 nitrogen and oxygen atoms in total. The van der Waals surface area contributed by atoms with Crippen molar-refractivity contribution in [1.29, 1.82) is 0 Å². The van der Waals surface area contributed by atoms with Gasteiger partial charge in [0, 0.05) is 16.1 Å². The van der Waals surface area contributed by atoms with E-state index in [1.54, 1.807) is 43.3 Å². The molecule has 0 saturated carbocycles. The monoisotopic (exact) mass is 435 g/mol. The number of carbonyl (C=O) groups is 1.